The average molecular weight is 442 g/mol. The third-order valence-electron chi connectivity index (χ3n) is 6.37. The number of hydrogen-bond acceptors (Lipinski definition) is 8. The molecule has 0 aliphatic carbocycles. The molecule has 0 saturated carbocycles. The summed E-state index contributed by atoms with van der Waals surface area (Å²) in [5.74, 6) is 2.92. The largest absolute Gasteiger partial charge is 0.493 e. The molecule has 0 spiro atoms. The van der Waals surface area contributed by atoms with Crippen LogP contribution in [-0.4, -0.2) is 80.4 Å². The maximum atomic E-state index is 5.66. The maximum Gasteiger partial charge on any atom is 0.225 e. The van der Waals surface area contributed by atoms with E-state index in [1.165, 1.54) is 24.2 Å². The second-order valence-corrected chi connectivity index (χ2v) is 8.42. The first-order valence-corrected chi connectivity index (χ1v) is 11.5. The van der Waals surface area contributed by atoms with Crippen molar-refractivity contribution in [3.8, 4) is 17.2 Å². The topological polar surface area (TPSA) is 63.2 Å². The molecule has 32 heavy (non-hydrogen) atoms. The Kier molecular flexibility index (Phi) is 7.32. The van der Waals surface area contributed by atoms with Crippen LogP contribution >= 0.6 is 0 Å². The van der Waals surface area contributed by atoms with Crippen LogP contribution in [0.15, 0.2) is 18.3 Å². The first kappa shape index (κ1) is 22.6. The van der Waals surface area contributed by atoms with Gasteiger partial charge in [0.2, 0.25) is 11.7 Å². The molecule has 2 aromatic rings. The summed E-state index contributed by atoms with van der Waals surface area (Å²) in [6.07, 6.45) is 4.16. The summed E-state index contributed by atoms with van der Waals surface area (Å²) in [7, 11) is 4.95. The number of aromatic nitrogens is 2. The van der Waals surface area contributed by atoms with Crippen LogP contribution in [0, 0.1) is 0 Å². The summed E-state index contributed by atoms with van der Waals surface area (Å²) in [5.41, 5.74) is 3.47. The molecular weight excluding hydrogens is 406 g/mol. The summed E-state index contributed by atoms with van der Waals surface area (Å²) < 4.78 is 16.6. The number of ether oxygens (including phenoxy) is 3. The molecule has 1 fully saturated rings. The minimum absolute atomic E-state index is 0.636. The molecule has 0 atom stereocenters. The van der Waals surface area contributed by atoms with E-state index < -0.39 is 0 Å². The van der Waals surface area contributed by atoms with Crippen molar-refractivity contribution in [1.82, 2.24) is 19.8 Å². The highest BCUT2D eigenvalue weighted by Gasteiger charge is 2.24. The quantitative estimate of drug-likeness (QED) is 0.620. The molecule has 8 nitrogen and oxygen atoms in total. The molecule has 0 radical (unpaired) electrons. The van der Waals surface area contributed by atoms with Crippen molar-refractivity contribution in [3.05, 3.63) is 35.2 Å². The third kappa shape index (κ3) is 4.76. The van der Waals surface area contributed by atoms with Gasteiger partial charge in [-0.2, -0.15) is 0 Å². The molecule has 0 N–H and O–H groups in total. The summed E-state index contributed by atoms with van der Waals surface area (Å²) >= 11 is 0. The van der Waals surface area contributed by atoms with Crippen LogP contribution in [-0.2, 0) is 19.5 Å². The minimum Gasteiger partial charge on any atom is -0.493 e. The van der Waals surface area contributed by atoms with Crippen LogP contribution in [0.1, 0.15) is 30.2 Å². The number of benzene rings is 1. The van der Waals surface area contributed by atoms with E-state index in [1.54, 1.807) is 21.3 Å². The van der Waals surface area contributed by atoms with Gasteiger partial charge in [-0.3, -0.25) is 9.80 Å². The molecule has 0 amide bonds. The van der Waals surface area contributed by atoms with E-state index in [1.807, 2.05) is 18.3 Å². The van der Waals surface area contributed by atoms with Crippen LogP contribution in [0.25, 0.3) is 0 Å². The normalized spacial score (nSPS) is 17.2. The van der Waals surface area contributed by atoms with Crippen molar-refractivity contribution >= 4 is 5.95 Å². The molecule has 2 aliphatic rings. The van der Waals surface area contributed by atoms with Crippen LogP contribution in [0.3, 0.4) is 0 Å². The van der Waals surface area contributed by atoms with Crippen LogP contribution < -0.4 is 19.1 Å². The Bertz CT molecular complexity index is 915. The fourth-order valence-electron chi connectivity index (χ4n) is 4.67. The van der Waals surface area contributed by atoms with Crippen LogP contribution in [0.4, 0.5) is 5.95 Å². The van der Waals surface area contributed by atoms with Gasteiger partial charge in [0.1, 0.15) is 0 Å². The van der Waals surface area contributed by atoms with Gasteiger partial charge in [-0.1, -0.05) is 13.0 Å². The molecule has 2 aliphatic heterocycles. The Balaban J connectivity index is 1.43. The lowest BCUT2D eigenvalue weighted by atomic mass is 10.1. The summed E-state index contributed by atoms with van der Waals surface area (Å²) in [6, 6.07) is 3.98. The highest BCUT2D eigenvalue weighted by Crippen LogP contribution is 2.40. The molecule has 1 saturated heterocycles. The lowest BCUT2D eigenvalue weighted by Crippen LogP contribution is -2.47. The number of methoxy groups -OCH3 is 3. The number of hydrogen-bond donors (Lipinski definition) is 0. The lowest BCUT2D eigenvalue weighted by molar-refractivity contribution is 0.236. The molecule has 1 aromatic heterocycles. The summed E-state index contributed by atoms with van der Waals surface area (Å²) in [5, 5.41) is 0. The van der Waals surface area contributed by atoms with E-state index >= 15 is 0 Å². The van der Waals surface area contributed by atoms with Crippen LogP contribution in [0.2, 0.25) is 0 Å². The first-order valence-electron chi connectivity index (χ1n) is 11.5. The highest BCUT2D eigenvalue weighted by atomic mass is 16.5. The standard InChI is InChI=1S/C24H35N5O3/c1-5-9-27-11-13-29(14-12-27)24-25-15-19-17-28(10-8-20(19)26-24)16-18-6-7-21(30-2)23(32-4)22(18)31-3/h6-7,15H,5,8-14,16-17H2,1-4H3. The predicted molar refractivity (Wildman–Crippen MR) is 125 cm³/mol. The molecule has 0 bridgehead atoms. The Labute approximate surface area is 191 Å². The molecule has 1 aromatic carbocycles. The number of anilines is 1. The van der Waals surface area contributed by atoms with Gasteiger partial charge in [0.15, 0.2) is 11.5 Å². The Hall–Kier alpha value is -2.58. The van der Waals surface area contributed by atoms with E-state index in [4.69, 9.17) is 24.2 Å². The molecule has 4 rings (SSSR count). The van der Waals surface area contributed by atoms with E-state index in [0.29, 0.717) is 11.5 Å². The van der Waals surface area contributed by atoms with E-state index in [9.17, 15) is 0 Å². The van der Waals surface area contributed by atoms with E-state index in [0.717, 1.165) is 69.5 Å². The van der Waals surface area contributed by atoms with Gasteiger partial charge in [-0.15, -0.1) is 0 Å². The lowest BCUT2D eigenvalue weighted by Gasteiger charge is -2.35. The summed E-state index contributed by atoms with van der Waals surface area (Å²) in [4.78, 5) is 16.9. The van der Waals surface area contributed by atoms with Crippen LogP contribution in [0.5, 0.6) is 17.2 Å². The zero-order chi connectivity index (χ0) is 22.5. The number of piperazine rings is 1. The monoisotopic (exact) mass is 441 g/mol. The molecule has 174 valence electrons. The second kappa shape index (κ2) is 10.4. The van der Waals surface area contributed by atoms with Gasteiger partial charge in [-0.25, -0.2) is 9.97 Å². The molecule has 0 unspecified atom stereocenters. The number of rotatable bonds is 8. The SMILES string of the molecule is CCCN1CCN(c2ncc3c(n2)CCN(Cc2ccc(OC)c(OC)c2OC)C3)CC1. The van der Waals surface area contributed by atoms with Gasteiger partial charge in [0, 0.05) is 69.6 Å². The first-order chi connectivity index (χ1) is 15.7. The van der Waals surface area contributed by atoms with E-state index in [2.05, 4.69) is 21.6 Å². The van der Waals surface area contributed by atoms with Crippen molar-refractivity contribution in [2.24, 2.45) is 0 Å². The molecule has 8 heteroatoms. The number of fused-ring (bicyclic) bond motifs is 1. The zero-order valence-corrected chi connectivity index (χ0v) is 19.8. The van der Waals surface area contributed by atoms with E-state index in [-0.39, 0.29) is 0 Å². The highest BCUT2D eigenvalue weighted by molar-refractivity contribution is 5.55. The zero-order valence-electron chi connectivity index (χ0n) is 19.8. The Morgan fingerprint density at radius 1 is 0.906 bits per heavy atom. The smallest absolute Gasteiger partial charge is 0.225 e. The minimum atomic E-state index is 0.636. The van der Waals surface area contributed by atoms with Crippen molar-refractivity contribution in [1.29, 1.82) is 0 Å². The number of nitrogens with zero attached hydrogens (tertiary/aromatic N) is 5. The second-order valence-electron chi connectivity index (χ2n) is 8.42. The summed E-state index contributed by atoms with van der Waals surface area (Å²) in [6.45, 7) is 10.2. The predicted octanol–water partition coefficient (Wildman–Crippen LogP) is 2.59. The van der Waals surface area contributed by atoms with Gasteiger partial charge < -0.3 is 19.1 Å². The molecular formula is C24H35N5O3. The van der Waals surface area contributed by atoms with Crippen molar-refractivity contribution in [3.63, 3.8) is 0 Å². The van der Waals surface area contributed by atoms with Gasteiger partial charge in [0.05, 0.1) is 27.0 Å². The van der Waals surface area contributed by atoms with Crippen molar-refractivity contribution in [2.75, 3.05) is 65.5 Å². The fourth-order valence-corrected chi connectivity index (χ4v) is 4.67. The molecule has 3 heterocycles. The van der Waals surface area contributed by atoms with Gasteiger partial charge in [0.25, 0.3) is 0 Å². The van der Waals surface area contributed by atoms with Crippen molar-refractivity contribution in [2.45, 2.75) is 32.9 Å². The Morgan fingerprint density at radius 2 is 1.69 bits per heavy atom. The van der Waals surface area contributed by atoms with Gasteiger partial charge in [-0.05, 0) is 19.0 Å². The van der Waals surface area contributed by atoms with Crippen molar-refractivity contribution < 1.29 is 14.2 Å². The Morgan fingerprint density at radius 3 is 2.38 bits per heavy atom. The maximum absolute atomic E-state index is 5.66. The third-order valence-corrected chi connectivity index (χ3v) is 6.37. The fraction of sp³-hybridized carbons (Fsp3) is 0.583. The average Bonchev–Trinajstić information content (AvgIpc) is 2.84. The van der Waals surface area contributed by atoms with Gasteiger partial charge >= 0.3 is 0 Å².